The van der Waals surface area contributed by atoms with Gasteiger partial charge in [-0.1, -0.05) is 115 Å². The summed E-state index contributed by atoms with van der Waals surface area (Å²) >= 11 is 0. The van der Waals surface area contributed by atoms with Crippen molar-refractivity contribution in [2.75, 3.05) is 7.11 Å². The Hall–Kier alpha value is -1.09. The number of rotatable bonds is 23. The van der Waals surface area contributed by atoms with Crippen LogP contribution in [0.25, 0.3) is 0 Å². The van der Waals surface area contributed by atoms with Crippen molar-refractivity contribution in [2.45, 2.75) is 135 Å². The molecule has 0 heterocycles. The van der Waals surface area contributed by atoms with Crippen LogP contribution in [0.15, 0.2) is 24.3 Å². The van der Waals surface area contributed by atoms with Crippen molar-refractivity contribution in [3.8, 4) is 0 Å². The van der Waals surface area contributed by atoms with Gasteiger partial charge in [0.2, 0.25) is 0 Å². The summed E-state index contributed by atoms with van der Waals surface area (Å²) < 4.78 is 4.91. The standard InChI is InChI=1S/C27H50O3/c1-3-4-5-6-7-8-9-10-11-12-13-14-15-16-17-18-19-20-21-22-23-24-25-26(30-2)27(28)29/h18-19,22-23,26H,3-17,20-21,24-25H2,1-2H3,(H,28,29). The van der Waals surface area contributed by atoms with E-state index >= 15 is 0 Å². The average Bonchev–Trinajstić information content (AvgIpc) is 2.74. The Morgan fingerprint density at radius 3 is 1.50 bits per heavy atom. The van der Waals surface area contributed by atoms with Crippen molar-refractivity contribution in [3.05, 3.63) is 24.3 Å². The van der Waals surface area contributed by atoms with Crippen LogP contribution in [0, 0.1) is 0 Å². The monoisotopic (exact) mass is 422 g/mol. The van der Waals surface area contributed by atoms with Crippen molar-refractivity contribution >= 4 is 5.97 Å². The van der Waals surface area contributed by atoms with E-state index in [1.54, 1.807) is 0 Å². The largest absolute Gasteiger partial charge is 0.479 e. The summed E-state index contributed by atoms with van der Waals surface area (Å²) in [6.07, 6.45) is 32.5. The lowest BCUT2D eigenvalue weighted by atomic mass is 10.0. The van der Waals surface area contributed by atoms with Gasteiger partial charge < -0.3 is 9.84 Å². The molecule has 1 atom stereocenters. The van der Waals surface area contributed by atoms with Crippen LogP contribution in [0.5, 0.6) is 0 Å². The molecule has 0 aliphatic heterocycles. The highest BCUT2D eigenvalue weighted by Crippen LogP contribution is 2.13. The first-order chi connectivity index (χ1) is 14.7. The zero-order valence-corrected chi connectivity index (χ0v) is 20.1. The zero-order valence-electron chi connectivity index (χ0n) is 20.1. The highest BCUT2D eigenvalue weighted by Gasteiger charge is 2.14. The number of carbonyl (C=O) groups is 1. The minimum absolute atomic E-state index is 0.539. The van der Waals surface area contributed by atoms with Gasteiger partial charge in [0.15, 0.2) is 6.10 Å². The molecule has 0 amide bonds. The summed E-state index contributed by atoms with van der Waals surface area (Å²) in [6, 6.07) is 0. The number of hydrogen-bond acceptors (Lipinski definition) is 2. The Balaban J connectivity index is 3.25. The van der Waals surface area contributed by atoms with Crippen molar-refractivity contribution in [1.29, 1.82) is 0 Å². The molecular formula is C27H50O3. The first-order valence-electron chi connectivity index (χ1n) is 12.8. The van der Waals surface area contributed by atoms with Crippen LogP contribution < -0.4 is 0 Å². The zero-order chi connectivity index (χ0) is 22.1. The highest BCUT2D eigenvalue weighted by molar-refractivity contribution is 5.72. The molecule has 0 aromatic rings. The van der Waals surface area contributed by atoms with Gasteiger partial charge in [-0.05, 0) is 38.5 Å². The van der Waals surface area contributed by atoms with Gasteiger partial charge in [0, 0.05) is 7.11 Å². The van der Waals surface area contributed by atoms with Crippen molar-refractivity contribution in [2.24, 2.45) is 0 Å². The van der Waals surface area contributed by atoms with Crippen LogP contribution in [0.3, 0.4) is 0 Å². The number of allylic oxidation sites excluding steroid dienone is 4. The fourth-order valence-corrected chi connectivity index (χ4v) is 3.71. The quantitative estimate of drug-likeness (QED) is 0.132. The number of carboxylic acid groups (broad SMARTS) is 1. The third-order valence-corrected chi connectivity index (χ3v) is 5.71. The van der Waals surface area contributed by atoms with Crippen LogP contribution >= 0.6 is 0 Å². The number of aliphatic carboxylic acids is 1. The Bertz CT molecular complexity index is 414. The van der Waals surface area contributed by atoms with E-state index in [9.17, 15) is 4.79 Å². The first-order valence-corrected chi connectivity index (χ1v) is 12.8. The minimum Gasteiger partial charge on any atom is -0.479 e. The number of ether oxygens (including phenoxy) is 1. The van der Waals surface area contributed by atoms with Gasteiger partial charge in [0.05, 0.1) is 0 Å². The predicted molar refractivity (Wildman–Crippen MR) is 130 cm³/mol. The molecule has 0 aromatic carbocycles. The third kappa shape index (κ3) is 21.6. The van der Waals surface area contributed by atoms with E-state index < -0.39 is 12.1 Å². The molecule has 176 valence electrons. The lowest BCUT2D eigenvalue weighted by molar-refractivity contribution is -0.148. The lowest BCUT2D eigenvalue weighted by Crippen LogP contribution is -2.21. The first kappa shape index (κ1) is 28.9. The summed E-state index contributed by atoms with van der Waals surface area (Å²) in [5.41, 5.74) is 0. The fraction of sp³-hybridized carbons (Fsp3) is 0.815. The second-order valence-electron chi connectivity index (χ2n) is 8.54. The molecule has 0 saturated heterocycles. The molecule has 0 rings (SSSR count). The average molecular weight is 423 g/mol. The normalized spacial score (nSPS) is 12.9. The van der Waals surface area contributed by atoms with Crippen molar-refractivity contribution in [3.63, 3.8) is 0 Å². The smallest absolute Gasteiger partial charge is 0.332 e. The second kappa shape index (κ2) is 24.2. The Labute approximate surface area is 187 Å². The Kier molecular flexibility index (Phi) is 23.3. The number of hydrogen-bond donors (Lipinski definition) is 1. The molecule has 3 heteroatoms. The van der Waals surface area contributed by atoms with Gasteiger partial charge in [-0.2, -0.15) is 0 Å². The Morgan fingerprint density at radius 2 is 1.07 bits per heavy atom. The van der Waals surface area contributed by atoms with Crippen molar-refractivity contribution in [1.82, 2.24) is 0 Å². The summed E-state index contributed by atoms with van der Waals surface area (Å²) in [5.74, 6) is -0.877. The van der Waals surface area contributed by atoms with E-state index in [0.717, 1.165) is 19.3 Å². The number of unbranched alkanes of at least 4 members (excludes halogenated alkanes) is 15. The molecule has 0 aromatic heterocycles. The maximum absolute atomic E-state index is 10.8. The van der Waals surface area contributed by atoms with Crippen LogP contribution in [-0.4, -0.2) is 24.3 Å². The van der Waals surface area contributed by atoms with Gasteiger partial charge in [-0.25, -0.2) is 4.79 Å². The summed E-state index contributed by atoms with van der Waals surface area (Å²) in [5, 5.41) is 8.89. The van der Waals surface area contributed by atoms with E-state index in [2.05, 4.69) is 31.2 Å². The predicted octanol–water partition coefficient (Wildman–Crippen LogP) is 8.63. The van der Waals surface area contributed by atoms with Gasteiger partial charge in [0.1, 0.15) is 0 Å². The van der Waals surface area contributed by atoms with E-state index in [0.29, 0.717) is 6.42 Å². The third-order valence-electron chi connectivity index (χ3n) is 5.71. The van der Waals surface area contributed by atoms with E-state index in [4.69, 9.17) is 9.84 Å². The molecule has 0 spiro atoms. The van der Waals surface area contributed by atoms with Crippen LogP contribution in [-0.2, 0) is 9.53 Å². The summed E-state index contributed by atoms with van der Waals surface area (Å²) in [7, 11) is 1.45. The van der Waals surface area contributed by atoms with Crippen LogP contribution in [0.2, 0.25) is 0 Å². The molecular weight excluding hydrogens is 372 g/mol. The molecule has 1 N–H and O–H groups in total. The summed E-state index contributed by atoms with van der Waals surface area (Å²) in [6.45, 7) is 2.28. The maximum atomic E-state index is 10.8. The SMILES string of the molecule is CCCCCCCCCCCCCCCCC=CCCC=CCCC(OC)C(=O)O. The topological polar surface area (TPSA) is 46.5 Å². The number of methoxy groups -OCH3 is 1. The fourth-order valence-electron chi connectivity index (χ4n) is 3.71. The van der Waals surface area contributed by atoms with Gasteiger partial charge in [-0.15, -0.1) is 0 Å². The molecule has 0 radical (unpaired) electrons. The minimum atomic E-state index is -0.877. The molecule has 1 unspecified atom stereocenters. The molecule has 0 aliphatic rings. The molecule has 0 saturated carbocycles. The Morgan fingerprint density at radius 1 is 0.667 bits per heavy atom. The molecule has 0 fully saturated rings. The van der Waals surface area contributed by atoms with E-state index in [1.165, 1.54) is 103 Å². The molecule has 0 bridgehead atoms. The molecule has 0 aliphatic carbocycles. The maximum Gasteiger partial charge on any atom is 0.332 e. The van der Waals surface area contributed by atoms with Crippen LogP contribution in [0.4, 0.5) is 0 Å². The highest BCUT2D eigenvalue weighted by atomic mass is 16.5. The van der Waals surface area contributed by atoms with Gasteiger partial charge in [-0.3, -0.25) is 0 Å². The van der Waals surface area contributed by atoms with Gasteiger partial charge >= 0.3 is 5.97 Å². The molecule has 30 heavy (non-hydrogen) atoms. The number of carboxylic acids is 1. The lowest BCUT2D eigenvalue weighted by Gasteiger charge is -2.07. The van der Waals surface area contributed by atoms with Crippen molar-refractivity contribution < 1.29 is 14.6 Å². The second-order valence-corrected chi connectivity index (χ2v) is 8.54. The van der Waals surface area contributed by atoms with E-state index in [-0.39, 0.29) is 0 Å². The van der Waals surface area contributed by atoms with E-state index in [1.807, 2.05) is 0 Å². The van der Waals surface area contributed by atoms with Crippen LogP contribution in [0.1, 0.15) is 129 Å². The van der Waals surface area contributed by atoms with Gasteiger partial charge in [0.25, 0.3) is 0 Å². The summed E-state index contributed by atoms with van der Waals surface area (Å²) in [4.78, 5) is 10.8. The molecule has 3 nitrogen and oxygen atoms in total.